The van der Waals surface area contributed by atoms with Crippen molar-refractivity contribution in [2.24, 2.45) is 5.73 Å². The lowest BCUT2D eigenvalue weighted by molar-refractivity contribution is 0.0226. The molecule has 13 heavy (non-hydrogen) atoms. The third kappa shape index (κ3) is 11.5. The molecule has 5 nitrogen and oxygen atoms in total. The van der Waals surface area contributed by atoms with Crippen LogP contribution in [0.3, 0.4) is 0 Å². The van der Waals surface area contributed by atoms with E-state index in [1.165, 1.54) is 0 Å². The van der Waals surface area contributed by atoms with Crippen molar-refractivity contribution in [3.8, 4) is 0 Å². The Labute approximate surface area is 78.1 Å². The Morgan fingerprint density at radius 3 is 2.00 bits per heavy atom. The van der Waals surface area contributed by atoms with Crippen LogP contribution in [0.4, 0.5) is 0 Å². The van der Waals surface area contributed by atoms with Crippen molar-refractivity contribution in [3.63, 3.8) is 0 Å². The van der Waals surface area contributed by atoms with Gasteiger partial charge < -0.3 is 19.9 Å². The van der Waals surface area contributed by atoms with Crippen LogP contribution in [0.2, 0.25) is 0 Å². The van der Waals surface area contributed by atoms with E-state index >= 15 is 0 Å². The van der Waals surface area contributed by atoms with Crippen molar-refractivity contribution in [2.75, 3.05) is 46.2 Å². The summed E-state index contributed by atoms with van der Waals surface area (Å²) in [5, 5.41) is 0. The van der Waals surface area contributed by atoms with Gasteiger partial charge in [0.2, 0.25) is 6.29 Å². The lowest BCUT2D eigenvalue weighted by atomic mass is 10.7. The summed E-state index contributed by atoms with van der Waals surface area (Å²) in [7, 11) is 0. The molecule has 0 saturated carbocycles. The Kier molecular flexibility index (Phi) is 11.1. The van der Waals surface area contributed by atoms with E-state index in [0.717, 1.165) is 0 Å². The number of hydrogen-bond donors (Lipinski definition) is 1. The van der Waals surface area contributed by atoms with E-state index < -0.39 is 0 Å². The predicted molar refractivity (Wildman–Crippen MR) is 47.2 cm³/mol. The molecule has 0 aliphatic heterocycles. The van der Waals surface area contributed by atoms with Gasteiger partial charge in [0.15, 0.2) is 0 Å². The predicted octanol–water partition coefficient (Wildman–Crippen LogP) is -0.895. The van der Waals surface area contributed by atoms with Crippen molar-refractivity contribution < 1.29 is 19.0 Å². The summed E-state index contributed by atoms with van der Waals surface area (Å²) in [5.74, 6) is 0. The Hall–Kier alpha value is -0.490. The first kappa shape index (κ1) is 12.5. The molecule has 0 aliphatic carbocycles. The normalized spacial score (nSPS) is 10.2. The molecule has 0 aromatic heterocycles. The second-order valence-corrected chi connectivity index (χ2v) is 2.21. The average molecular weight is 190 g/mol. The summed E-state index contributed by atoms with van der Waals surface area (Å²) >= 11 is 0. The standard InChI is InChI=1S/C8H16NO4/c9-1-3-11-5-7-13-8-6-12-4-2-10/h1,3-9H2. The molecule has 0 aliphatic rings. The van der Waals surface area contributed by atoms with E-state index in [4.69, 9.17) is 19.9 Å². The van der Waals surface area contributed by atoms with Crippen LogP contribution in [0, 0.1) is 0 Å². The first-order chi connectivity index (χ1) is 6.41. The zero-order valence-electron chi connectivity index (χ0n) is 7.66. The molecule has 0 bridgehead atoms. The molecule has 77 valence electrons. The quantitative estimate of drug-likeness (QED) is 0.452. The molecule has 0 aromatic carbocycles. The van der Waals surface area contributed by atoms with Gasteiger partial charge >= 0.3 is 0 Å². The summed E-state index contributed by atoms with van der Waals surface area (Å²) in [5.41, 5.74) is 5.20. The largest absolute Gasteiger partial charge is 0.378 e. The fraction of sp³-hybridized carbons (Fsp3) is 0.875. The first-order valence-corrected chi connectivity index (χ1v) is 4.20. The van der Waals surface area contributed by atoms with Crippen LogP contribution in [0.5, 0.6) is 0 Å². The van der Waals surface area contributed by atoms with Crippen molar-refractivity contribution in [1.82, 2.24) is 0 Å². The molecule has 0 saturated heterocycles. The molecule has 2 N–H and O–H groups in total. The van der Waals surface area contributed by atoms with Gasteiger partial charge in [-0.1, -0.05) is 0 Å². The monoisotopic (exact) mass is 190 g/mol. The molecule has 0 fully saturated rings. The molecule has 0 rings (SSSR count). The van der Waals surface area contributed by atoms with Gasteiger partial charge in [0.1, 0.15) is 6.61 Å². The number of carbonyl (C=O) groups excluding carboxylic acids is 1. The van der Waals surface area contributed by atoms with Crippen LogP contribution < -0.4 is 5.73 Å². The first-order valence-electron chi connectivity index (χ1n) is 4.20. The van der Waals surface area contributed by atoms with Gasteiger partial charge in [-0.3, -0.25) is 4.79 Å². The molecule has 0 aromatic rings. The molecule has 0 atom stereocenters. The summed E-state index contributed by atoms with van der Waals surface area (Å²) in [4.78, 5) is 9.69. The van der Waals surface area contributed by atoms with Gasteiger partial charge in [-0.05, 0) is 0 Å². The zero-order valence-corrected chi connectivity index (χ0v) is 7.66. The van der Waals surface area contributed by atoms with Gasteiger partial charge in [-0.25, -0.2) is 0 Å². The molecular weight excluding hydrogens is 174 g/mol. The van der Waals surface area contributed by atoms with Crippen LogP contribution in [-0.2, 0) is 19.0 Å². The number of rotatable bonds is 10. The Morgan fingerprint density at radius 2 is 1.46 bits per heavy atom. The maximum atomic E-state index is 9.69. The van der Waals surface area contributed by atoms with Crippen molar-refractivity contribution in [2.45, 2.75) is 0 Å². The SMILES string of the molecule is NCCOCCOCCOC[C]=O. The minimum atomic E-state index is 0.00698. The molecule has 1 radical (unpaired) electrons. The number of nitrogens with two attached hydrogens (primary N) is 1. The topological polar surface area (TPSA) is 70.8 Å². The van der Waals surface area contributed by atoms with Crippen molar-refractivity contribution in [3.05, 3.63) is 0 Å². The number of hydrogen-bond acceptors (Lipinski definition) is 5. The highest BCUT2D eigenvalue weighted by Gasteiger charge is 1.89. The van der Waals surface area contributed by atoms with Crippen molar-refractivity contribution >= 4 is 6.29 Å². The van der Waals surface area contributed by atoms with Crippen LogP contribution in [0.25, 0.3) is 0 Å². The lowest BCUT2D eigenvalue weighted by Crippen LogP contribution is -2.13. The minimum absolute atomic E-state index is 0.00698. The summed E-state index contributed by atoms with van der Waals surface area (Å²) in [6.45, 7) is 3.02. The van der Waals surface area contributed by atoms with E-state index in [1.807, 2.05) is 0 Å². The minimum Gasteiger partial charge on any atom is -0.378 e. The van der Waals surface area contributed by atoms with Gasteiger partial charge in [-0.2, -0.15) is 0 Å². The third-order valence-corrected chi connectivity index (χ3v) is 1.17. The van der Waals surface area contributed by atoms with E-state index in [2.05, 4.69) is 0 Å². The Morgan fingerprint density at radius 1 is 0.923 bits per heavy atom. The fourth-order valence-electron chi connectivity index (χ4n) is 0.637. The van der Waals surface area contributed by atoms with Crippen LogP contribution in [-0.4, -0.2) is 52.5 Å². The summed E-state index contributed by atoms with van der Waals surface area (Å²) < 4.78 is 15.0. The highest BCUT2D eigenvalue weighted by molar-refractivity contribution is 5.51. The average Bonchev–Trinajstić information content (AvgIpc) is 2.16. The van der Waals surface area contributed by atoms with E-state index in [9.17, 15) is 4.79 Å². The Balaban J connectivity index is 2.79. The highest BCUT2D eigenvalue weighted by atomic mass is 16.5. The summed E-state index contributed by atoms with van der Waals surface area (Å²) in [6.07, 6.45) is 1.62. The van der Waals surface area contributed by atoms with Crippen LogP contribution in [0.15, 0.2) is 0 Å². The van der Waals surface area contributed by atoms with Gasteiger partial charge in [0, 0.05) is 6.54 Å². The van der Waals surface area contributed by atoms with Crippen LogP contribution in [0.1, 0.15) is 0 Å². The maximum Gasteiger partial charge on any atom is 0.226 e. The van der Waals surface area contributed by atoms with E-state index in [-0.39, 0.29) is 6.61 Å². The van der Waals surface area contributed by atoms with E-state index in [1.54, 1.807) is 6.29 Å². The second-order valence-electron chi connectivity index (χ2n) is 2.21. The van der Waals surface area contributed by atoms with Gasteiger partial charge in [-0.15, -0.1) is 0 Å². The lowest BCUT2D eigenvalue weighted by Gasteiger charge is -2.04. The molecule has 0 amide bonds. The third-order valence-electron chi connectivity index (χ3n) is 1.17. The molecule has 0 unspecified atom stereocenters. The number of ether oxygens (including phenoxy) is 3. The highest BCUT2D eigenvalue weighted by Crippen LogP contribution is 1.79. The molecule has 0 heterocycles. The smallest absolute Gasteiger partial charge is 0.226 e. The Bertz CT molecular complexity index is 110. The van der Waals surface area contributed by atoms with Gasteiger partial charge in [0.25, 0.3) is 0 Å². The zero-order chi connectivity index (χ0) is 9.78. The van der Waals surface area contributed by atoms with Crippen molar-refractivity contribution in [1.29, 1.82) is 0 Å². The van der Waals surface area contributed by atoms with Crippen LogP contribution >= 0.6 is 0 Å². The molecular formula is C8H16NO4. The van der Waals surface area contributed by atoms with Gasteiger partial charge in [0.05, 0.1) is 33.0 Å². The fourth-order valence-corrected chi connectivity index (χ4v) is 0.637. The summed E-state index contributed by atoms with van der Waals surface area (Å²) in [6, 6.07) is 0. The maximum absolute atomic E-state index is 9.69. The molecule has 5 heteroatoms. The van der Waals surface area contributed by atoms with E-state index in [0.29, 0.717) is 39.6 Å². The molecule has 0 spiro atoms. The second kappa shape index (κ2) is 11.5.